The molecule has 0 amide bonds. The fourth-order valence-corrected chi connectivity index (χ4v) is 2.86. The van der Waals surface area contributed by atoms with Gasteiger partial charge in [-0.2, -0.15) is 0 Å². The number of carbonyl (C=O) groups is 4. The molecule has 0 aliphatic carbocycles. The normalized spacial score (nSPS) is 16.3. The van der Waals surface area contributed by atoms with Gasteiger partial charge >= 0.3 is 23.9 Å². The van der Waals surface area contributed by atoms with Crippen LogP contribution in [0.2, 0.25) is 0 Å². The van der Waals surface area contributed by atoms with Crippen LogP contribution >= 0.6 is 0 Å². The van der Waals surface area contributed by atoms with Gasteiger partial charge in [0.2, 0.25) is 0 Å². The lowest BCUT2D eigenvalue weighted by atomic mass is 10.1. The first-order valence-electron chi connectivity index (χ1n) is 9.22. The second kappa shape index (κ2) is 11.2. The van der Waals surface area contributed by atoms with E-state index in [4.69, 9.17) is 19.7 Å². The summed E-state index contributed by atoms with van der Waals surface area (Å²) in [6.07, 6.45) is -7.34. The summed E-state index contributed by atoms with van der Waals surface area (Å²) in [4.78, 5) is 45.9. The van der Waals surface area contributed by atoms with Gasteiger partial charge in [0.05, 0.1) is 55.1 Å². The third-order valence-corrected chi connectivity index (χ3v) is 3.75. The van der Waals surface area contributed by atoms with Crippen molar-refractivity contribution in [2.45, 2.75) is 37.3 Å². The molecule has 0 aliphatic heterocycles. The summed E-state index contributed by atoms with van der Waals surface area (Å²) in [5.74, 6) is -5.78. The van der Waals surface area contributed by atoms with Gasteiger partial charge in [-0.25, -0.2) is 9.59 Å². The third-order valence-electron chi connectivity index (χ3n) is 3.75. The summed E-state index contributed by atoms with van der Waals surface area (Å²) >= 11 is 0. The highest BCUT2D eigenvalue weighted by Crippen LogP contribution is 2.17. The largest absolute Gasteiger partial charge is 0.481 e. The quantitative estimate of drug-likeness (QED) is 0.233. The minimum atomic E-state index is -2.03. The Balaban J connectivity index is 5.79. The predicted octanol–water partition coefficient (Wildman–Crippen LogP) is -0.975. The maximum Gasteiger partial charge on any atom is 0.336 e. The summed E-state index contributed by atoms with van der Waals surface area (Å²) in [6, 6.07) is 0. The lowest BCUT2D eigenvalue weighted by molar-refractivity contribution is -0.874. The Labute approximate surface area is 175 Å². The first kappa shape index (κ1) is 27.7. The van der Waals surface area contributed by atoms with E-state index in [2.05, 4.69) is 0 Å². The number of hydrogen-bond acceptors (Lipinski definition) is 6. The molecule has 12 nitrogen and oxygen atoms in total. The van der Waals surface area contributed by atoms with Crippen molar-refractivity contribution in [3.8, 4) is 0 Å². The average molecular weight is 438 g/mol. The molecule has 0 fully saturated rings. The van der Waals surface area contributed by atoms with Crippen molar-refractivity contribution in [1.29, 1.82) is 0 Å². The summed E-state index contributed by atoms with van der Waals surface area (Å²) in [5, 5.41) is 37.3. The van der Waals surface area contributed by atoms with E-state index in [1.165, 1.54) is 0 Å². The van der Waals surface area contributed by atoms with E-state index in [0.717, 1.165) is 0 Å². The molecule has 0 heterocycles. The zero-order chi connectivity index (χ0) is 23.9. The lowest BCUT2D eigenvalue weighted by Crippen LogP contribution is -2.52. The standard InChI is InChI=1S/C18H32N2O10/c1-19(2,3)9-11(7-13(21)22)29-15(17(25)26)16(18(27)28)30-12(8-14(23)24)10-20(4,5)6/h11-12,15-16H,7-10H2,1-6H3,(H2-2,21,22,23,24,25,26,27,28)/p+2. The predicted molar refractivity (Wildman–Crippen MR) is 103 cm³/mol. The molecular formula is C18H34N2O10+2. The second-order valence-corrected chi connectivity index (χ2v) is 9.18. The van der Waals surface area contributed by atoms with Gasteiger partial charge in [0.1, 0.15) is 25.3 Å². The first-order chi connectivity index (χ1) is 13.4. The van der Waals surface area contributed by atoms with E-state index in [9.17, 15) is 29.4 Å². The van der Waals surface area contributed by atoms with Crippen LogP contribution < -0.4 is 0 Å². The number of carboxylic acid groups (broad SMARTS) is 4. The summed E-state index contributed by atoms with van der Waals surface area (Å²) < 4.78 is 11.3. The fourth-order valence-electron chi connectivity index (χ4n) is 2.86. The number of likely N-dealkylation sites (N-methyl/N-ethyl adjacent to an activating group) is 2. The maximum atomic E-state index is 11.8. The van der Waals surface area contributed by atoms with Gasteiger partial charge in [-0.15, -0.1) is 0 Å². The van der Waals surface area contributed by atoms with E-state index in [-0.39, 0.29) is 22.1 Å². The van der Waals surface area contributed by atoms with Crippen LogP contribution in [0.4, 0.5) is 0 Å². The molecule has 4 N–H and O–H groups in total. The van der Waals surface area contributed by atoms with Crippen LogP contribution in [0.25, 0.3) is 0 Å². The fraction of sp³-hybridized carbons (Fsp3) is 0.778. The highest BCUT2D eigenvalue weighted by Gasteiger charge is 2.41. The van der Waals surface area contributed by atoms with Crippen LogP contribution in [0.15, 0.2) is 0 Å². The lowest BCUT2D eigenvalue weighted by Gasteiger charge is -2.33. The summed E-state index contributed by atoms with van der Waals surface area (Å²) in [6.45, 7) is 0.194. The van der Waals surface area contributed by atoms with E-state index < -0.39 is 61.1 Å². The molecule has 0 rings (SSSR count). The minimum Gasteiger partial charge on any atom is -0.481 e. The number of rotatable bonds is 15. The van der Waals surface area contributed by atoms with Crippen LogP contribution in [0, 0.1) is 0 Å². The molecule has 12 heteroatoms. The van der Waals surface area contributed by atoms with Crippen molar-refractivity contribution in [2.24, 2.45) is 0 Å². The molecule has 0 spiro atoms. The second-order valence-electron chi connectivity index (χ2n) is 9.18. The summed E-state index contributed by atoms with van der Waals surface area (Å²) in [5.41, 5.74) is 0. The van der Waals surface area contributed by atoms with Crippen LogP contribution in [0.1, 0.15) is 12.8 Å². The monoisotopic (exact) mass is 438 g/mol. The van der Waals surface area contributed by atoms with Crippen LogP contribution in [0.3, 0.4) is 0 Å². The molecule has 0 saturated heterocycles. The maximum absolute atomic E-state index is 11.8. The Hall–Kier alpha value is -2.28. The van der Waals surface area contributed by atoms with Crippen molar-refractivity contribution in [3.05, 3.63) is 0 Å². The highest BCUT2D eigenvalue weighted by molar-refractivity contribution is 5.83. The SMILES string of the molecule is C[N+](C)(C)CC(CC(=O)O)OC(C(=O)O)C(OC(CC(=O)O)C[N+](C)(C)C)C(=O)O. The molecule has 0 aromatic carbocycles. The summed E-state index contributed by atoms with van der Waals surface area (Å²) in [7, 11) is 10.4. The molecule has 0 bridgehead atoms. The van der Waals surface area contributed by atoms with Gasteiger partial charge in [0.15, 0.2) is 12.2 Å². The van der Waals surface area contributed by atoms with Crippen molar-refractivity contribution in [3.63, 3.8) is 0 Å². The Morgan fingerprint density at radius 1 is 0.633 bits per heavy atom. The van der Waals surface area contributed by atoms with Crippen molar-refractivity contribution in [2.75, 3.05) is 55.4 Å². The van der Waals surface area contributed by atoms with E-state index in [0.29, 0.717) is 0 Å². The van der Waals surface area contributed by atoms with Crippen LogP contribution in [0.5, 0.6) is 0 Å². The zero-order valence-electron chi connectivity index (χ0n) is 18.3. The smallest absolute Gasteiger partial charge is 0.336 e. The van der Waals surface area contributed by atoms with Crippen LogP contribution in [-0.4, -0.2) is 133 Å². The van der Waals surface area contributed by atoms with Gasteiger partial charge in [-0.1, -0.05) is 0 Å². The van der Waals surface area contributed by atoms with Crippen LogP contribution in [-0.2, 0) is 28.7 Å². The molecule has 0 aromatic heterocycles. The van der Waals surface area contributed by atoms with Gasteiger partial charge in [-0.05, 0) is 0 Å². The van der Waals surface area contributed by atoms with Crippen molar-refractivity contribution < 1.29 is 58.0 Å². The molecule has 4 atom stereocenters. The number of aliphatic carboxylic acids is 4. The molecule has 0 aromatic rings. The number of carboxylic acids is 4. The van der Waals surface area contributed by atoms with Gasteiger partial charge in [-0.3, -0.25) is 9.59 Å². The van der Waals surface area contributed by atoms with Gasteiger partial charge < -0.3 is 38.9 Å². The topological polar surface area (TPSA) is 168 Å². The van der Waals surface area contributed by atoms with E-state index in [1.54, 1.807) is 42.3 Å². The Kier molecular flexibility index (Phi) is 10.4. The molecule has 4 unspecified atom stereocenters. The number of nitrogens with zero attached hydrogens (tertiary/aromatic N) is 2. The Morgan fingerprint density at radius 2 is 0.900 bits per heavy atom. The molecule has 0 aliphatic rings. The zero-order valence-corrected chi connectivity index (χ0v) is 18.3. The first-order valence-corrected chi connectivity index (χ1v) is 9.22. The van der Waals surface area contributed by atoms with E-state index >= 15 is 0 Å². The van der Waals surface area contributed by atoms with Crippen molar-refractivity contribution >= 4 is 23.9 Å². The number of quaternary nitrogens is 2. The molecule has 0 radical (unpaired) electrons. The minimum absolute atomic E-state index is 0.0971. The average Bonchev–Trinajstić information content (AvgIpc) is 2.45. The van der Waals surface area contributed by atoms with E-state index in [1.807, 2.05) is 0 Å². The van der Waals surface area contributed by atoms with Gasteiger partial charge in [0, 0.05) is 0 Å². The molecular weight excluding hydrogens is 404 g/mol. The Morgan fingerprint density at radius 3 is 1.07 bits per heavy atom. The molecule has 30 heavy (non-hydrogen) atoms. The highest BCUT2D eigenvalue weighted by atomic mass is 16.6. The Bertz CT molecular complexity index is 569. The molecule has 174 valence electrons. The third kappa shape index (κ3) is 12.3. The van der Waals surface area contributed by atoms with Gasteiger partial charge in [0.25, 0.3) is 0 Å². The number of hydrogen-bond donors (Lipinski definition) is 4. The van der Waals surface area contributed by atoms with Crippen molar-refractivity contribution in [1.82, 2.24) is 0 Å². The molecule has 0 saturated carbocycles. The number of ether oxygens (including phenoxy) is 2.